The van der Waals surface area contributed by atoms with E-state index in [0.29, 0.717) is 35.4 Å². The number of methoxy groups -OCH3 is 1. The van der Waals surface area contributed by atoms with Crippen LogP contribution in [0.3, 0.4) is 0 Å². The van der Waals surface area contributed by atoms with Crippen molar-refractivity contribution in [3.63, 3.8) is 0 Å². The molecule has 0 radical (unpaired) electrons. The minimum atomic E-state index is -4.54. The number of rotatable bonds is 8. The Morgan fingerprint density at radius 1 is 1.31 bits per heavy atom. The Hall–Kier alpha value is -3.31. The van der Waals surface area contributed by atoms with Crippen molar-refractivity contribution in [2.75, 3.05) is 13.7 Å². The maximum Gasteiger partial charge on any atom is 0.433 e. The van der Waals surface area contributed by atoms with E-state index in [1.54, 1.807) is 19.9 Å². The number of benzene rings is 1. The second-order valence-electron chi connectivity index (χ2n) is 7.29. The first-order chi connectivity index (χ1) is 16.5. The van der Waals surface area contributed by atoms with Gasteiger partial charge in [-0.1, -0.05) is 12.7 Å². The Bertz CT molecular complexity index is 1210. The van der Waals surface area contributed by atoms with Crippen LogP contribution in [0, 0.1) is 6.92 Å². The smallest absolute Gasteiger partial charge is 0.433 e. The summed E-state index contributed by atoms with van der Waals surface area (Å²) in [6.07, 6.45) is -1.95. The number of nitrogens with two attached hydrogens (primary N) is 1. The molecule has 11 heteroatoms. The molecule has 0 aliphatic carbocycles. The number of hydrogen-bond donors (Lipinski definition) is 2. The molecule has 1 aromatic carbocycles. The first-order valence-corrected chi connectivity index (χ1v) is 11.3. The van der Waals surface area contributed by atoms with Crippen molar-refractivity contribution in [3.05, 3.63) is 64.4 Å². The summed E-state index contributed by atoms with van der Waals surface area (Å²) < 4.78 is 49.8. The van der Waals surface area contributed by atoms with Gasteiger partial charge in [-0.25, -0.2) is 9.97 Å². The van der Waals surface area contributed by atoms with Gasteiger partial charge in [0.25, 0.3) is 0 Å². The quantitative estimate of drug-likeness (QED) is 0.373. The first kappa shape index (κ1) is 27.9. The third-order valence-electron chi connectivity index (χ3n) is 4.56. The summed E-state index contributed by atoms with van der Waals surface area (Å²) in [5, 5.41) is 4.90. The van der Waals surface area contributed by atoms with E-state index in [1.165, 1.54) is 31.0 Å². The monoisotopic (exact) mass is 508 g/mol. The van der Waals surface area contributed by atoms with Gasteiger partial charge in [-0.3, -0.25) is 4.79 Å². The van der Waals surface area contributed by atoms with Crippen LogP contribution < -0.4 is 15.8 Å². The number of nitrogens with one attached hydrogen (secondary N) is 1. The summed E-state index contributed by atoms with van der Waals surface area (Å²) in [5.41, 5.74) is 6.09. The van der Waals surface area contributed by atoms with Crippen molar-refractivity contribution in [3.8, 4) is 17.2 Å². The number of alkyl halides is 3. The Morgan fingerprint density at radius 3 is 2.57 bits per heavy atom. The lowest BCUT2D eigenvalue weighted by atomic mass is 10.1. The summed E-state index contributed by atoms with van der Waals surface area (Å²) in [6.45, 7) is 9.72. The Kier molecular flexibility index (Phi) is 9.90. The van der Waals surface area contributed by atoms with E-state index < -0.39 is 11.9 Å². The molecule has 1 atom stereocenters. The molecule has 0 aliphatic heterocycles. The predicted molar refractivity (Wildman–Crippen MR) is 132 cm³/mol. The van der Waals surface area contributed by atoms with E-state index in [0.717, 1.165) is 11.0 Å². The molecule has 0 bridgehead atoms. The zero-order valence-electron chi connectivity index (χ0n) is 19.8. The largest absolute Gasteiger partial charge is 0.494 e. The average Bonchev–Trinajstić information content (AvgIpc) is 3.21. The van der Waals surface area contributed by atoms with Crippen LogP contribution in [-0.4, -0.2) is 30.0 Å². The summed E-state index contributed by atoms with van der Waals surface area (Å²) in [7, 11) is 1.37. The zero-order chi connectivity index (χ0) is 26.2. The molecule has 0 aliphatic rings. The normalized spacial score (nSPS) is 12.2. The topological polar surface area (TPSA) is 103 Å². The van der Waals surface area contributed by atoms with Crippen LogP contribution >= 0.6 is 11.8 Å². The van der Waals surface area contributed by atoms with Gasteiger partial charge < -0.3 is 20.2 Å². The highest BCUT2D eigenvalue weighted by atomic mass is 32.2. The second kappa shape index (κ2) is 12.4. The lowest BCUT2D eigenvalue weighted by Gasteiger charge is -2.11. The highest BCUT2D eigenvalue weighted by Gasteiger charge is 2.33. The van der Waals surface area contributed by atoms with Gasteiger partial charge in [-0.15, -0.1) is 11.8 Å². The summed E-state index contributed by atoms with van der Waals surface area (Å²) in [6, 6.07) is 5.13. The van der Waals surface area contributed by atoms with Crippen molar-refractivity contribution in [2.45, 2.75) is 33.0 Å². The van der Waals surface area contributed by atoms with Gasteiger partial charge in [-0.2, -0.15) is 13.2 Å². The molecule has 0 spiro atoms. The number of fused-ring (bicyclic) bond motifs is 1. The van der Waals surface area contributed by atoms with Gasteiger partial charge in [0.15, 0.2) is 0 Å². The van der Waals surface area contributed by atoms with Crippen LogP contribution in [-0.2, 0) is 11.0 Å². The SMILES string of the molecule is C=C(CNC=O)S/C=C\C.COc1ccc(-c2nc(C)c([C@H](C)N)o2)c2ccc(C(F)(F)F)nc12. The molecule has 0 fully saturated rings. The van der Waals surface area contributed by atoms with Crippen molar-refractivity contribution < 1.29 is 27.1 Å². The molecule has 35 heavy (non-hydrogen) atoms. The Balaban J connectivity index is 0.000000367. The molecule has 1 amide bonds. The predicted octanol–water partition coefficient (Wildman–Crippen LogP) is 5.76. The van der Waals surface area contributed by atoms with Crippen LogP contribution in [0.15, 0.2) is 51.7 Å². The van der Waals surface area contributed by atoms with E-state index in [-0.39, 0.29) is 23.2 Å². The highest BCUT2D eigenvalue weighted by Crippen LogP contribution is 2.37. The number of ether oxygens (including phenoxy) is 1. The zero-order valence-corrected chi connectivity index (χ0v) is 20.6. The Morgan fingerprint density at radius 2 is 2.03 bits per heavy atom. The van der Waals surface area contributed by atoms with E-state index in [4.69, 9.17) is 14.9 Å². The fourth-order valence-corrected chi connectivity index (χ4v) is 3.50. The third-order valence-corrected chi connectivity index (χ3v) is 5.45. The molecule has 2 heterocycles. The van der Waals surface area contributed by atoms with E-state index in [2.05, 4.69) is 21.9 Å². The molecule has 3 aromatic rings. The van der Waals surface area contributed by atoms with Crippen LogP contribution in [0.2, 0.25) is 0 Å². The van der Waals surface area contributed by atoms with Gasteiger partial charge in [0.2, 0.25) is 12.3 Å². The number of carbonyl (C=O) groups excluding carboxylic acids is 1. The van der Waals surface area contributed by atoms with Crippen molar-refractivity contribution in [2.24, 2.45) is 5.73 Å². The summed E-state index contributed by atoms with van der Waals surface area (Å²) in [5.74, 6) is 1.04. The van der Waals surface area contributed by atoms with E-state index in [1.807, 2.05) is 18.4 Å². The molecule has 3 N–H and O–H groups in total. The van der Waals surface area contributed by atoms with Crippen LogP contribution in [0.25, 0.3) is 22.4 Å². The Labute approximate surface area is 205 Å². The number of halogens is 3. The maximum absolute atomic E-state index is 13.0. The molecule has 2 aromatic heterocycles. The fraction of sp³-hybridized carbons (Fsp3) is 0.292. The number of aromatic nitrogens is 2. The van der Waals surface area contributed by atoms with Gasteiger partial charge in [0.1, 0.15) is 22.7 Å². The first-order valence-electron chi connectivity index (χ1n) is 10.4. The van der Waals surface area contributed by atoms with Gasteiger partial charge >= 0.3 is 6.18 Å². The standard InChI is InChI=1S/C17H16F3N3O2.C7H11NOS/c1-8(21)15-9(2)22-16(25-15)11-4-6-12(24-3)14-10(11)5-7-13(23-14)17(18,19)20;1-3-4-10-7(2)5-8-6-9/h4-8H,21H2,1-3H3;3-4,6H,2,5H2,1H3,(H,8,9)/b;4-3-/t8-;/m0./s1. The van der Waals surface area contributed by atoms with Crippen molar-refractivity contribution >= 4 is 29.1 Å². The maximum atomic E-state index is 13.0. The number of oxazole rings is 1. The lowest BCUT2D eigenvalue weighted by molar-refractivity contribution is -0.141. The number of thioether (sulfide) groups is 1. The number of amides is 1. The van der Waals surface area contributed by atoms with Crippen LogP contribution in [0.4, 0.5) is 13.2 Å². The second-order valence-corrected chi connectivity index (χ2v) is 8.37. The molecule has 0 unspecified atom stereocenters. The average molecular weight is 509 g/mol. The number of carbonyl (C=O) groups is 1. The number of pyridine rings is 1. The van der Waals surface area contributed by atoms with Crippen molar-refractivity contribution in [1.29, 1.82) is 0 Å². The van der Waals surface area contributed by atoms with E-state index in [9.17, 15) is 18.0 Å². The van der Waals surface area contributed by atoms with E-state index >= 15 is 0 Å². The lowest BCUT2D eigenvalue weighted by Crippen LogP contribution is -2.12. The third kappa shape index (κ3) is 7.33. The summed E-state index contributed by atoms with van der Waals surface area (Å²) in [4.78, 5) is 18.8. The van der Waals surface area contributed by atoms with Crippen molar-refractivity contribution in [1.82, 2.24) is 15.3 Å². The fourth-order valence-electron chi connectivity index (χ4n) is 3.01. The van der Waals surface area contributed by atoms with Crippen LogP contribution in [0.5, 0.6) is 5.75 Å². The minimum absolute atomic E-state index is 0.0908. The molecule has 0 saturated carbocycles. The molecule has 3 rings (SSSR count). The number of hydrogen-bond acceptors (Lipinski definition) is 7. The number of allylic oxidation sites excluding steroid dienone is 1. The number of nitrogens with zero attached hydrogens (tertiary/aromatic N) is 2. The molecule has 0 saturated heterocycles. The summed E-state index contributed by atoms with van der Waals surface area (Å²) >= 11 is 1.52. The van der Waals surface area contributed by atoms with Gasteiger partial charge in [0, 0.05) is 22.4 Å². The number of aryl methyl sites for hydroxylation is 1. The molecule has 188 valence electrons. The highest BCUT2D eigenvalue weighted by molar-refractivity contribution is 8.05. The van der Waals surface area contributed by atoms with Gasteiger partial charge in [-0.05, 0) is 50.4 Å². The molecule has 7 nitrogen and oxygen atoms in total. The van der Waals surface area contributed by atoms with Gasteiger partial charge in [0.05, 0.1) is 18.8 Å². The van der Waals surface area contributed by atoms with Crippen LogP contribution in [0.1, 0.15) is 37.0 Å². The molecular weight excluding hydrogens is 481 g/mol. The molecular formula is C24H27F3N4O3S. The minimum Gasteiger partial charge on any atom is -0.494 e.